The molecule has 4 aromatic rings. The Morgan fingerprint density at radius 1 is 0.929 bits per heavy atom. The van der Waals surface area contributed by atoms with Gasteiger partial charge in [0.1, 0.15) is 23.2 Å². The van der Waals surface area contributed by atoms with Gasteiger partial charge in [0.25, 0.3) is 11.0 Å². The Morgan fingerprint density at radius 2 is 1.66 bits per heavy atom. The van der Waals surface area contributed by atoms with Crippen molar-refractivity contribution in [1.29, 1.82) is 0 Å². The van der Waals surface area contributed by atoms with E-state index < -0.39 is 33.3 Å². The van der Waals surface area contributed by atoms with Gasteiger partial charge in [-0.25, -0.2) is 13.6 Å². The molecular weight excluding hydrogens is 791 g/mol. The van der Waals surface area contributed by atoms with Gasteiger partial charge < -0.3 is 24.1 Å². The number of ether oxygens (including phenoxy) is 2. The maximum Gasteiger partial charge on any atom is 0.415 e. The van der Waals surface area contributed by atoms with Gasteiger partial charge in [0, 0.05) is 30.1 Å². The van der Waals surface area contributed by atoms with E-state index in [1.54, 1.807) is 35.2 Å². The first-order valence-electron chi connectivity index (χ1n) is 18.1. The summed E-state index contributed by atoms with van der Waals surface area (Å²) in [5.74, 6) is -1.83. The van der Waals surface area contributed by atoms with Crippen LogP contribution >= 0.6 is 34.8 Å². The lowest BCUT2D eigenvalue weighted by Gasteiger charge is -2.38. The maximum absolute atomic E-state index is 14.9. The second kappa shape index (κ2) is 16.7. The molecule has 0 aromatic heterocycles. The highest BCUT2D eigenvalue weighted by molar-refractivity contribution is 6.42. The first-order chi connectivity index (χ1) is 26.9. The molecule has 0 unspecified atom stereocenters. The smallest absolute Gasteiger partial charge is 0.415 e. The largest absolute Gasteiger partial charge is 0.489 e. The molecule has 4 aromatic carbocycles. The van der Waals surface area contributed by atoms with Crippen molar-refractivity contribution in [2.45, 2.75) is 57.7 Å². The zero-order valence-electron chi connectivity index (χ0n) is 30.0. The summed E-state index contributed by atoms with van der Waals surface area (Å²) in [7, 11) is 0. The van der Waals surface area contributed by atoms with E-state index in [4.69, 9.17) is 44.3 Å². The van der Waals surface area contributed by atoms with Crippen LogP contribution in [0.4, 0.5) is 13.6 Å². The Morgan fingerprint density at radius 3 is 2.38 bits per heavy atom. The number of carbonyl (C=O) groups is 2. The molecule has 1 aliphatic heterocycles. The number of amides is 2. The SMILES string of the molecule is O=C(Oc1cccc(CO[N+](=O)[O-])c1)N1CC(C(=O)N(Cc2cccc(Cl)c2Cl)C2CC2)=C(c2ccc(CCCOc3c(F)ccc(F)c3Cl)cc2)C2(CC2)C1. The molecule has 3 aliphatic rings. The fourth-order valence-corrected chi connectivity index (χ4v) is 7.72. The number of aryl methyl sites for hydroxylation is 1. The van der Waals surface area contributed by atoms with Crippen LogP contribution in [0.3, 0.4) is 0 Å². The summed E-state index contributed by atoms with van der Waals surface area (Å²) >= 11 is 18.8. The summed E-state index contributed by atoms with van der Waals surface area (Å²) in [6, 6.07) is 21.4. The quantitative estimate of drug-likeness (QED) is 0.0539. The van der Waals surface area contributed by atoms with E-state index in [0.717, 1.165) is 54.5 Å². The lowest BCUT2D eigenvalue weighted by molar-refractivity contribution is -0.763. The normalized spacial score (nSPS) is 15.8. The van der Waals surface area contributed by atoms with Crippen molar-refractivity contribution in [3.8, 4) is 11.5 Å². The summed E-state index contributed by atoms with van der Waals surface area (Å²) in [4.78, 5) is 47.2. The molecule has 1 heterocycles. The Hall–Kier alpha value is -4.91. The molecule has 56 heavy (non-hydrogen) atoms. The Labute approximate surface area is 336 Å². The van der Waals surface area contributed by atoms with Crippen molar-refractivity contribution < 1.29 is 37.8 Å². The molecule has 0 bridgehead atoms. The fraction of sp³-hybridized carbons (Fsp3) is 0.317. The maximum atomic E-state index is 14.9. The molecule has 15 heteroatoms. The summed E-state index contributed by atoms with van der Waals surface area (Å²) < 4.78 is 39.2. The molecule has 10 nitrogen and oxygen atoms in total. The van der Waals surface area contributed by atoms with Gasteiger partial charge in [-0.2, -0.15) is 0 Å². The summed E-state index contributed by atoms with van der Waals surface area (Å²) in [6.45, 7) is 0.362. The predicted molar refractivity (Wildman–Crippen MR) is 206 cm³/mol. The van der Waals surface area contributed by atoms with Crippen LogP contribution in [0, 0.1) is 27.2 Å². The second-order valence-corrected chi connectivity index (χ2v) is 15.4. The minimum Gasteiger partial charge on any atom is -0.489 e. The molecule has 2 saturated carbocycles. The van der Waals surface area contributed by atoms with Crippen LogP contribution in [0.2, 0.25) is 15.1 Å². The number of halogens is 5. The number of carbonyl (C=O) groups excluding carboxylic acids is 2. The van der Waals surface area contributed by atoms with E-state index in [1.165, 1.54) is 6.07 Å². The number of nitrogens with zero attached hydrogens (tertiary/aromatic N) is 3. The van der Waals surface area contributed by atoms with Gasteiger partial charge in [-0.15, -0.1) is 10.1 Å². The molecule has 0 N–H and O–H groups in total. The highest BCUT2D eigenvalue weighted by atomic mass is 35.5. The monoisotopic (exact) mass is 825 g/mol. The molecule has 1 spiro atoms. The third-order valence-corrected chi connectivity index (χ3v) is 11.4. The van der Waals surface area contributed by atoms with Crippen molar-refractivity contribution >= 4 is 52.4 Å². The molecule has 2 fully saturated rings. The standard InChI is InChI=1S/C41H36Cl3F2N3O7/c42-32-8-2-6-28(36(32)43)21-48(29-13-14-29)39(50)31-22-47(40(51)56-30-7-1-4-26(20-30)23-55-49(52)53)24-41(17-18-41)35(31)27-11-9-25(10-12-27)5-3-19-54-38-34(46)16-15-33(45)37(38)44/h1-2,4,6-12,15-16,20,29H,3,5,13-14,17-19,21-24H2. The van der Waals surface area contributed by atoms with Crippen LogP contribution in [0.5, 0.6) is 11.5 Å². The van der Waals surface area contributed by atoms with E-state index in [-0.39, 0.29) is 49.8 Å². The van der Waals surface area contributed by atoms with Gasteiger partial charge in [0.2, 0.25) is 0 Å². The third kappa shape index (κ3) is 8.88. The van der Waals surface area contributed by atoms with Crippen LogP contribution in [0.25, 0.3) is 5.57 Å². The van der Waals surface area contributed by atoms with Crippen LogP contribution in [-0.2, 0) is 29.2 Å². The van der Waals surface area contributed by atoms with E-state index in [2.05, 4.69) is 4.84 Å². The van der Waals surface area contributed by atoms with Gasteiger partial charge in [-0.05, 0) is 96.7 Å². The molecule has 7 rings (SSSR count). The lowest BCUT2D eigenvalue weighted by atomic mass is 9.81. The Balaban J connectivity index is 1.15. The van der Waals surface area contributed by atoms with Gasteiger partial charge in [-0.3, -0.25) is 4.79 Å². The Bertz CT molecular complexity index is 2200. The van der Waals surface area contributed by atoms with E-state index in [0.29, 0.717) is 46.1 Å². The molecular formula is C41H36Cl3F2N3O7. The fourth-order valence-electron chi connectivity index (χ4n) is 7.13. The minimum absolute atomic E-state index is 0.00627. The van der Waals surface area contributed by atoms with E-state index in [1.807, 2.05) is 35.2 Å². The second-order valence-electron chi connectivity index (χ2n) is 14.2. The highest BCUT2D eigenvalue weighted by Gasteiger charge is 2.54. The Kier molecular flexibility index (Phi) is 11.7. The van der Waals surface area contributed by atoms with Crippen LogP contribution in [0.15, 0.2) is 84.4 Å². The first kappa shape index (κ1) is 39.3. The van der Waals surface area contributed by atoms with Crippen LogP contribution in [-0.4, -0.2) is 52.6 Å². The van der Waals surface area contributed by atoms with Crippen molar-refractivity contribution in [2.24, 2.45) is 5.41 Å². The van der Waals surface area contributed by atoms with Gasteiger partial charge in [0.05, 0.1) is 23.2 Å². The van der Waals surface area contributed by atoms with Gasteiger partial charge >= 0.3 is 6.09 Å². The molecule has 0 saturated heterocycles. The first-order valence-corrected chi connectivity index (χ1v) is 19.2. The minimum atomic E-state index is -0.894. The third-order valence-electron chi connectivity index (χ3n) is 10.2. The van der Waals surface area contributed by atoms with Crippen molar-refractivity contribution in [1.82, 2.24) is 9.80 Å². The summed E-state index contributed by atoms with van der Waals surface area (Å²) in [6.07, 6.45) is 3.59. The number of rotatable bonds is 14. The van der Waals surface area contributed by atoms with Crippen molar-refractivity contribution in [3.63, 3.8) is 0 Å². The zero-order valence-corrected chi connectivity index (χ0v) is 32.2. The molecule has 292 valence electrons. The van der Waals surface area contributed by atoms with E-state index in [9.17, 15) is 28.5 Å². The summed E-state index contributed by atoms with van der Waals surface area (Å²) in [5.41, 5.74) is 3.88. The number of benzene rings is 4. The van der Waals surface area contributed by atoms with Crippen LogP contribution < -0.4 is 9.47 Å². The van der Waals surface area contributed by atoms with Gasteiger partial charge in [-0.1, -0.05) is 83.3 Å². The number of hydrogen-bond donors (Lipinski definition) is 0. The predicted octanol–water partition coefficient (Wildman–Crippen LogP) is 9.88. The summed E-state index contributed by atoms with van der Waals surface area (Å²) in [5, 5.41) is 10.2. The average Bonchev–Trinajstić information content (AvgIpc) is 4.14. The van der Waals surface area contributed by atoms with E-state index >= 15 is 0 Å². The van der Waals surface area contributed by atoms with Crippen molar-refractivity contribution in [2.75, 3.05) is 19.7 Å². The zero-order chi connectivity index (χ0) is 39.6. The molecule has 0 atom stereocenters. The highest BCUT2D eigenvalue weighted by Crippen LogP contribution is 2.59. The average molecular weight is 827 g/mol. The molecule has 2 aliphatic carbocycles. The lowest BCUT2D eigenvalue weighted by Crippen LogP contribution is -2.47. The number of hydrogen-bond acceptors (Lipinski definition) is 7. The topological polar surface area (TPSA) is 111 Å². The van der Waals surface area contributed by atoms with Crippen molar-refractivity contribution in [3.05, 3.63) is 144 Å². The van der Waals surface area contributed by atoms with Crippen LogP contribution in [0.1, 0.15) is 54.4 Å². The molecule has 2 amide bonds. The van der Waals surface area contributed by atoms with Gasteiger partial charge in [0.15, 0.2) is 11.6 Å². The molecule has 0 radical (unpaired) electrons.